The van der Waals surface area contributed by atoms with Gasteiger partial charge in [0.25, 0.3) is 10.0 Å². The van der Waals surface area contributed by atoms with Gasteiger partial charge in [-0.05, 0) is 43.4 Å². The van der Waals surface area contributed by atoms with Crippen LogP contribution in [-0.2, 0) is 16.6 Å². The van der Waals surface area contributed by atoms with Gasteiger partial charge in [-0.15, -0.1) is 0 Å². The average molecular weight is 302 g/mol. The number of furan rings is 1. The van der Waals surface area contributed by atoms with E-state index in [0.717, 1.165) is 19.4 Å². The van der Waals surface area contributed by atoms with E-state index in [1.807, 2.05) is 0 Å². The fraction of sp³-hybridized carbons (Fsp3) is 0.692. The Kier molecular flexibility index (Phi) is 5.20. The predicted molar refractivity (Wildman–Crippen MR) is 74.3 cm³/mol. The van der Waals surface area contributed by atoms with Gasteiger partial charge in [-0.25, -0.2) is 13.6 Å². The minimum absolute atomic E-state index is 0.208. The van der Waals surface area contributed by atoms with Crippen LogP contribution in [-0.4, -0.2) is 26.7 Å². The van der Waals surface area contributed by atoms with Crippen molar-refractivity contribution in [1.82, 2.24) is 5.32 Å². The lowest BCUT2D eigenvalue weighted by Crippen LogP contribution is -2.32. The van der Waals surface area contributed by atoms with Crippen LogP contribution in [0.5, 0.6) is 0 Å². The molecule has 1 heterocycles. The molecule has 0 amide bonds. The Bertz CT molecular complexity index is 526. The first-order valence-corrected chi connectivity index (χ1v) is 8.48. The number of sulfonamides is 1. The Morgan fingerprint density at radius 1 is 1.30 bits per heavy atom. The third-order valence-electron chi connectivity index (χ3n) is 3.92. The van der Waals surface area contributed by atoms with Crippen LogP contribution in [0.4, 0.5) is 0 Å². The number of rotatable bonds is 6. The molecule has 0 aromatic carbocycles. The van der Waals surface area contributed by atoms with Gasteiger partial charge in [-0.2, -0.15) is 0 Å². The number of hydrogen-bond acceptors (Lipinski definition) is 5. The number of nitrogens with one attached hydrogen (secondary N) is 1. The Morgan fingerprint density at radius 3 is 2.60 bits per heavy atom. The van der Waals surface area contributed by atoms with Crippen molar-refractivity contribution >= 4 is 10.0 Å². The van der Waals surface area contributed by atoms with Crippen LogP contribution in [0.15, 0.2) is 21.6 Å². The van der Waals surface area contributed by atoms with Crippen LogP contribution < -0.4 is 10.5 Å². The maximum absolute atomic E-state index is 11.1. The lowest BCUT2D eigenvalue weighted by molar-refractivity contribution is 0.132. The SMILES string of the molecule is NS(=O)(=O)c1ccc(CNCC2CCCCC2CO)o1. The second-order valence-corrected chi connectivity index (χ2v) is 6.88. The van der Waals surface area contributed by atoms with Crippen LogP contribution >= 0.6 is 0 Å². The molecule has 0 bridgehead atoms. The largest absolute Gasteiger partial charge is 0.447 e. The maximum atomic E-state index is 11.1. The molecular weight excluding hydrogens is 280 g/mol. The summed E-state index contributed by atoms with van der Waals surface area (Å²) in [5.41, 5.74) is 0. The molecule has 0 spiro atoms. The molecule has 20 heavy (non-hydrogen) atoms. The molecule has 1 aromatic heterocycles. The van der Waals surface area contributed by atoms with Crippen LogP contribution in [0.1, 0.15) is 31.4 Å². The van der Waals surface area contributed by atoms with E-state index in [4.69, 9.17) is 9.56 Å². The topological polar surface area (TPSA) is 106 Å². The van der Waals surface area contributed by atoms with Crippen molar-refractivity contribution in [1.29, 1.82) is 0 Å². The zero-order valence-electron chi connectivity index (χ0n) is 11.4. The summed E-state index contributed by atoms with van der Waals surface area (Å²) >= 11 is 0. The maximum Gasteiger partial charge on any atom is 0.271 e. The van der Waals surface area contributed by atoms with Crippen LogP contribution in [0.25, 0.3) is 0 Å². The minimum atomic E-state index is -3.77. The van der Waals surface area contributed by atoms with Gasteiger partial charge in [0.2, 0.25) is 5.09 Å². The summed E-state index contributed by atoms with van der Waals surface area (Å²) in [4.78, 5) is 0. The molecule has 2 unspecified atom stereocenters. The predicted octanol–water partition coefficient (Wildman–Crippen LogP) is 0.815. The average Bonchev–Trinajstić information content (AvgIpc) is 2.88. The van der Waals surface area contributed by atoms with E-state index in [9.17, 15) is 13.5 Å². The van der Waals surface area contributed by atoms with E-state index in [2.05, 4.69) is 5.32 Å². The molecule has 1 aliphatic rings. The Balaban J connectivity index is 1.82. The summed E-state index contributed by atoms with van der Waals surface area (Å²) in [7, 11) is -3.77. The first kappa shape index (κ1) is 15.5. The van der Waals surface area contributed by atoms with Gasteiger partial charge < -0.3 is 14.8 Å². The molecule has 0 radical (unpaired) electrons. The summed E-state index contributed by atoms with van der Waals surface area (Å²) in [6.07, 6.45) is 4.61. The minimum Gasteiger partial charge on any atom is -0.447 e. The number of nitrogens with two attached hydrogens (primary N) is 1. The summed E-state index contributed by atoms with van der Waals surface area (Å²) in [6.45, 7) is 1.50. The highest BCUT2D eigenvalue weighted by Gasteiger charge is 2.24. The van der Waals surface area contributed by atoms with Crippen molar-refractivity contribution in [3.63, 3.8) is 0 Å². The van der Waals surface area contributed by atoms with E-state index >= 15 is 0 Å². The van der Waals surface area contributed by atoms with E-state index in [1.54, 1.807) is 6.07 Å². The Labute approximate surface area is 119 Å². The zero-order valence-corrected chi connectivity index (χ0v) is 12.2. The molecule has 7 heteroatoms. The Hall–Kier alpha value is -0.890. The van der Waals surface area contributed by atoms with Gasteiger partial charge in [0, 0.05) is 6.61 Å². The van der Waals surface area contributed by atoms with Crippen LogP contribution in [0, 0.1) is 11.8 Å². The van der Waals surface area contributed by atoms with Crippen LogP contribution in [0.2, 0.25) is 0 Å². The molecule has 1 saturated carbocycles. The quantitative estimate of drug-likeness (QED) is 0.721. The van der Waals surface area contributed by atoms with Crippen molar-refractivity contribution in [2.45, 2.75) is 37.3 Å². The fourth-order valence-electron chi connectivity index (χ4n) is 2.78. The summed E-state index contributed by atoms with van der Waals surface area (Å²) in [6, 6.07) is 2.97. The molecule has 6 nitrogen and oxygen atoms in total. The van der Waals surface area contributed by atoms with Gasteiger partial charge in [-0.1, -0.05) is 12.8 Å². The van der Waals surface area contributed by atoms with Gasteiger partial charge >= 0.3 is 0 Å². The molecule has 2 atom stereocenters. The normalized spacial score (nSPS) is 23.9. The number of hydrogen-bond donors (Lipinski definition) is 3. The second kappa shape index (κ2) is 6.71. The van der Waals surface area contributed by atoms with Crippen molar-refractivity contribution in [3.05, 3.63) is 17.9 Å². The molecule has 4 N–H and O–H groups in total. The fourth-order valence-corrected chi connectivity index (χ4v) is 3.26. The number of aliphatic hydroxyl groups is 1. The van der Waals surface area contributed by atoms with E-state index in [0.29, 0.717) is 24.1 Å². The van der Waals surface area contributed by atoms with Crippen LogP contribution in [0.3, 0.4) is 0 Å². The summed E-state index contributed by atoms with van der Waals surface area (Å²) in [5, 5.41) is 17.4. The van der Waals surface area contributed by atoms with E-state index in [-0.39, 0.29) is 11.7 Å². The summed E-state index contributed by atoms with van der Waals surface area (Å²) in [5.74, 6) is 1.39. The first-order chi connectivity index (χ1) is 9.50. The monoisotopic (exact) mass is 302 g/mol. The highest BCUT2D eigenvalue weighted by atomic mass is 32.2. The molecule has 2 rings (SSSR count). The third kappa shape index (κ3) is 4.05. The molecular formula is C13H22N2O4S. The molecule has 0 aliphatic heterocycles. The van der Waals surface area contributed by atoms with Crippen molar-refractivity contribution in [3.8, 4) is 0 Å². The standard InChI is InChI=1S/C13H22N2O4S/c14-20(17,18)13-6-5-12(19-13)8-15-7-10-3-1-2-4-11(10)9-16/h5-6,10-11,15-16H,1-4,7-9H2,(H2,14,17,18). The van der Waals surface area contributed by atoms with Crippen molar-refractivity contribution < 1.29 is 17.9 Å². The smallest absolute Gasteiger partial charge is 0.271 e. The van der Waals surface area contributed by atoms with E-state index in [1.165, 1.54) is 18.9 Å². The Morgan fingerprint density at radius 2 is 2.00 bits per heavy atom. The van der Waals surface area contributed by atoms with Gasteiger partial charge in [-0.3, -0.25) is 0 Å². The number of primary sulfonamides is 1. The lowest BCUT2D eigenvalue weighted by Gasteiger charge is -2.30. The molecule has 1 aliphatic carbocycles. The lowest BCUT2D eigenvalue weighted by atomic mass is 9.79. The second-order valence-electron chi connectivity index (χ2n) is 5.38. The van der Waals surface area contributed by atoms with Gasteiger partial charge in [0.1, 0.15) is 5.76 Å². The first-order valence-electron chi connectivity index (χ1n) is 6.94. The molecule has 114 valence electrons. The molecule has 1 fully saturated rings. The van der Waals surface area contributed by atoms with Gasteiger partial charge in [0.05, 0.1) is 6.54 Å². The summed E-state index contributed by atoms with van der Waals surface area (Å²) < 4.78 is 27.3. The third-order valence-corrected chi connectivity index (χ3v) is 4.70. The van der Waals surface area contributed by atoms with E-state index < -0.39 is 10.0 Å². The highest BCUT2D eigenvalue weighted by Crippen LogP contribution is 2.29. The van der Waals surface area contributed by atoms with Crippen molar-refractivity contribution in [2.24, 2.45) is 17.0 Å². The molecule has 1 aromatic rings. The molecule has 0 saturated heterocycles. The highest BCUT2D eigenvalue weighted by molar-refractivity contribution is 7.89. The van der Waals surface area contributed by atoms with Gasteiger partial charge in [0.15, 0.2) is 0 Å². The van der Waals surface area contributed by atoms with Crippen molar-refractivity contribution in [2.75, 3.05) is 13.2 Å². The zero-order chi connectivity index (χ0) is 14.6. The number of aliphatic hydroxyl groups excluding tert-OH is 1.